The predicted octanol–water partition coefficient (Wildman–Crippen LogP) is 4.62. The maximum Gasteiger partial charge on any atom is 0.331 e. The number of hydrogen-bond donors (Lipinski definition) is 0. The van der Waals surface area contributed by atoms with Crippen LogP contribution in [0.5, 0.6) is 17.2 Å². The van der Waals surface area contributed by atoms with Gasteiger partial charge in [-0.25, -0.2) is 9.69 Å². The first kappa shape index (κ1) is 21.8. The molecule has 0 spiro atoms. The fourth-order valence-electron chi connectivity index (χ4n) is 3.47. The number of ether oxygens (including phenoxy) is 3. The summed E-state index contributed by atoms with van der Waals surface area (Å²) in [6.07, 6.45) is 2.91. The third kappa shape index (κ3) is 4.46. The highest BCUT2D eigenvalue weighted by molar-refractivity contribution is 6.30. The highest BCUT2D eigenvalue weighted by Crippen LogP contribution is 2.39. The van der Waals surface area contributed by atoms with Gasteiger partial charge in [-0.2, -0.15) is 0 Å². The minimum absolute atomic E-state index is 0.241. The summed E-state index contributed by atoms with van der Waals surface area (Å²) in [5.74, 6) is 0.549. The molecule has 1 saturated heterocycles. The lowest BCUT2D eigenvalue weighted by Crippen LogP contribution is -2.48. The number of imide groups is 1. The van der Waals surface area contributed by atoms with E-state index >= 15 is 0 Å². The van der Waals surface area contributed by atoms with Gasteiger partial charge in [0, 0.05) is 23.7 Å². The number of hydrogen-bond acceptors (Lipinski definition) is 5. The first-order valence-electron chi connectivity index (χ1n) is 9.69. The van der Waals surface area contributed by atoms with E-state index in [-0.39, 0.29) is 11.6 Å². The number of rotatable bonds is 5. The fourth-order valence-corrected chi connectivity index (χ4v) is 3.59. The van der Waals surface area contributed by atoms with Crippen LogP contribution in [0.15, 0.2) is 36.4 Å². The minimum atomic E-state index is -0.493. The van der Waals surface area contributed by atoms with E-state index in [1.165, 1.54) is 38.4 Å². The number of methoxy groups -OCH3 is 3. The lowest BCUT2D eigenvalue weighted by molar-refractivity contribution is 0.0982. The summed E-state index contributed by atoms with van der Waals surface area (Å²) in [5, 5.41) is 0.518. The van der Waals surface area contributed by atoms with Crippen molar-refractivity contribution in [1.82, 2.24) is 4.90 Å². The zero-order valence-corrected chi connectivity index (χ0v) is 18.1. The van der Waals surface area contributed by atoms with Crippen molar-refractivity contribution in [2.24, 2.45) is 0 Å². The lowest BCUT2D eigenvalue weighted by atomic mass is 10.1. The molecule has 160 valence electrons. The van der Waals surface area contributed by atoms with Gasteiger partial charge in [-0.1, -0.05) is 11.6 Å². The molecule has 0 N–H and O–H groups in total. The number of carbonyl (C=O) groups excluding carboxylic acids is 2. The largest absolute Gasteiger partial charge is 0.493 e. The molecule has 0 unspecified atom stereocenters. The quantitative estimate of drug-likeness (QED) is 0.689. The highest BCUT2D eigenvalue weighted by atomic mass is 35.5. The topological polar surface area (TPSA) is 68.3 Å². The molecule has 0 atom stereocenters. The molecule has 8 heteroatoms. The van der Waals surface area contributed by atoms with Crippen molar-refractivity contribution < 1.29 is 23.8 Å². The Balaban J connectivity index is 2.05. The van der Waals surface area contributed by atoms with E-state index in [1.54, 1.807) is 29.2 Å². The average molecular weight is 433 g/mol. The Kier molecular flexibility index (Phi) is 7.05. The SMILES string of the molecule is COc1cc(C(=O)N(C(=O)N2CCCCC2)c2ccc(Cl)cc2)cc(OC)c1OC. The van der Waals surface area contributed by atoms with Crippen LogP contribution >= 0.6 is 11.6 Å². The lowest BCUT2D eigenvalue weighted by Gasteiger charge is -2.32. The van der Waals surface area contributed by atoms with E-state index in [4.69, 9.17) is 25.8 Å². The van der Waals surface area contributed by atoms with Gasteiger partial charge in [0.15, 0.2) is 11.5 Å². The number of piperidine rings is 1. The second-order valence-corrected chi connectivity index (χ2v) is 7.30. The summed E-state index contributed by atoms with van der Waals surface area (Å²) in [6, 6.07) is 9.31. The average Bonchev–Trinajstić information content (AvgIpc) is 2.79. The molecular formula is C22H25ClN2O5. The van der Waals surface area contributed by atoms with Gasteiger partial charge < -0.3 is 19.1 Å². The third-order valence-corrected chi connectivity index (χ3v) is 5.27. The van der Waals surface area contributed by atoms with Gasteiger partial charge in [0.2, 0.25) is 5.75 Å². The van der Waals surface area contributed by atoms with Crippen LogP contribution in [0.3, 0.4) is 0 Å². The Labute approximate surface area is 181 Å². The number of amides is 3. The molecule has 0 aliphatic carbocycles. The number of halogens is 1. The van der Waals surface area contributed by atoms with Crippen molar-refractivity contribution >= 4 is 29.2 Å². The Morgan fingerprint density at radius 3 is 1.97 bits per heavy atom. The molecular weight excluding hydrogens is 408 g/mol. The molecule has 7 nitrogen and oxygen atoms in total. The summed E-state index contributed by atoms with van der Waals surface area (Å²) >= 11 is 6.01. The molecule has 1 heterocycles. The van der Waals surface area contributed by atoms with Crippen LogP contribution in [0, 0.1) is 0 Å². The molecule has 0 bridgehead atoms. The number of urea groups is 1. The van der Waals surface area contributed by atoms with Crippen LogP contribution in [0.25, 0.3) is 0 Å². The number of anilines is 1. The van der Waals surface area contributed by atoms with Crippen LogP contribution in [-0.4, -0.2) is 51.3 Å². The standard InChI is InChI=1S/C22H25ClN2O5/c1-28-18-13-15(14-19(29-2)20(18)30-3)21(26)25(17-9-7-16(23)8-10-17)22(27)24-11-5-4-6-12-24/h7-10,13-14H,4-6,11-12H2,1-3H3. The molecule has 0 radical (unpaired) electrons. The van der Waals surface area contributed by atoms with E-state index < -0.39 is 5.91 Å². The number of likely N-dealkylation sites (tertiary alicyclic amines) is 1. The maximum atomic E-state index is 13.5. The van der Waals surface area contributed by atoms with E-state index in [2.05, 4.69) is 0 Å². The zero-order valence-electron chi connectivity index (χ0n) is 17.3. The summed E-state index contributed by atoms with van der Waals surface area (Å²) in [6.45, 7) is 1.23. The monoisotopic (exact) mass is 432 g/mol. The Morgan fingerprint density at radius 2 is 1.47 bits per heavy atom. The second-order valence-electron chi connectivity index (χ2n) is 6.86. The van der Waals surface area contributed by atoms with Gasteiger partial charge in [0.1, 0.15) is 0 Å². The van der Waals surface area contributed by atoms with Gasteiger partial charge in [-0.3, -0.25) is 4.79 Å². The number of carbonyl (C=O) groups is 2. The van der Waals surface area contributed by atoms with Gasteiger partial charge in [-0.15, -0.1) is 0 Å². The highest BCUT2D eigenvalue weighted by Gasteiger charge is 2.31. The minimum Gasteiger partial charge on any atom is -0.493 e. The fraction of sp³-hybridized carbons (Fsp3) is 0.364. The maximum absolute atomic E-state index is 13.5. The third-order valence-electron chi connectivity index (χ3n) is 5.02. The van der Waals surface area contributed by atoms with Crippen LogP contribution in [0.2, 0.25) is 5.02 Å². The van der Waals surface area contributed by atoms with Crippen molar-refractivity contribution in [2.75, 3.05) is 39.3 Å². The summed E-state index contributed by atoms with van der Waals surface area (Å²) in [7, 11) is 4.44. The molecule has 3 amide bonds. The van der Waals surface area contributed by atoms with Crippen molar-refractivity contribution in [3.05, 3.63) is 47.0 Å². The molecule has 3 rings (SSSR count). The Morgan fingerprint density at radius 1 is 0.900 bits per heavy atom. The second kappa shape index (κ2) is 9.71. The molecule has 1 fully saturated rings. The summed E-state index contributed by atoms with van der Waals surface area (Å²) in [5.41, 5.74) is 0.679. The first-order valence-corrected chi connectivity index (χ1v) is 10.1. The van der Waals surface area contributed by atoms with Crippen LogP contribution in [0.1, 0.15) is 29.6 Å². The van der Waals surface area contributed by atoms with Crippen molar-refractivity contribution in [2.45, 2.75) is 19.3 Å². The van der Waals surface area contributed by atoms with Crippen LogP contribution < -0.4 is 19.1 Å². The smallest absolute Gasteiger partial charge is 0.331 e. The van der Waals surface area contributed by atoms with Gasteiger partial charge >= 0.3 is 6.03 Å². The predicted molar refractivity (Wildman–Crippen MR) is 115 cm³/mol. The van der Waals surface area contributed by atoms with Crippen molar-refractivity contribution in [3.63, 3.8) is 0 Å². The Bertz CT molecular complexity index is 885. The van der Waals surface area contributed by atoms with Gasteiger partial charge in [0.05, 0.1) is 27.0 Å². The summed E-state index contributed by atoms with van der Waals surface area (Å²) < 4.78 is 16.0. The van der Waals surface area contributed by atoms with E-state index in [0.29, 0.717) is 41.0 Å². The molecule has 1 aliphatic rings. The molecule has 1 aliphatic heterocycles. The number of benzene rings is 2. The molecule has 0 saturated carbocycles. The van der Waals surface area contributed by atoms with Crippen LogP contribution in [-0.2, 0) is 0 Å². The zero-order chi connectivity index (χ0) is 21.7. The molecule has 2 aromatic carbocycles. The number of nitrogens with zero attached hydrogens (tertiary/aromatic N) is 2. The normalized spacial score (nSPS) is 13.5. The summed E-state index contributed by atoms with van der Waals surface area (Å²) in [4.78, 5) is 29.8. The molecule has 30 heavy (non-hydrogen) atoms. The van der Waals surface area contributed by atoms with Crippen molar-refractivity contribution in [3.8, 4) is 17.2 Å². The van der Waals surface area contributed by atoms with Gasteiger partial charge in [-0.05, 0) is 55.7 Å². The van der Waals surface area contributed by atoms with E-state index in [9.17, 15) is 9.59 Å². The van der Waals surface area contributed by atoms with E-state index in [0.717, 1.165) is 19.3 Å². The van der Waals surface area contributed by atoms with Gasteiger partial charge in [0.25, 0.3) is 5.91 Å². The van der Waals surface area contributed by atoms with E-state index in [1.807, 2.05) is 0 Å². The first-order chi connectivity index (χ1) is 14.5. The Hall–Kier alpha value is -2.93. The van der Waals surface area contributed by atoms with Crippen molar-refractivity contribution in [1.29, 1.82) is 0 Å². The molecule has 2 aromatic rings. The van der Waals surface area contributed by atoms with Crippen LogP contribution in [0.4, 0.5) is 10.5 Å². The molecule has 0 aromatic heterocycles.